The molecule has 12 heteroatoms. The maximum Gasteiger partial charge on any atom is 0.322 e. The first-order valence-corrected chi connectivity index (χ1v) is 10.8. The van der Waals surface area contributed by atoms with Crippen molar-refractivity contribution >= 4 is 39.9 Å². The topological polar surface area (TPSA) is 179 Å². The number of hydrogen-bond acceptors (Lipinski definition) is 10. The molecule has 2 aromatic rings. The fourth-order valence-electron chi connectivity index (χ4n) is 2.27. The molecule has 0 aliphatic heterocycles. The van der Waals surface area contributed by atoms with Crippen LogP contribution in [0.25, 0.3) is 5.70 Å². The molecule has 1 atom stereocenters. The van der Waals surface area contributed by atoms with Crippen LogP contribution in [0.1, 0.15) is 39.1 Å². The Morgan fingerprint density at radius 3 is 2.32 bits per heavy atom. The Morgan fingerprint density at radius 2 is 1.81 bits per heavy atom. The van der Waals surface area contributed by atoms with E-state index in [1.807, 2.05) is 0 Å². The average Bonchev–Trinajstić information content (AvgIpc) is 3.19. The lowest BCUT2D eigenvalue weighted by atomic mass is 10.1. The molecule has 0 radical (unpaired) electrons. The van der Waals surface area contributed by atoms with Crippen molar-refractivity contribution in [1.29, 1.82) is 0 Å². The molecule has 0 aliphatic rings. The van der Waals surface area contributed by atoms with Crippen LogP contribution in [0.2, 0.25) is 0 Å². The third kappa shape index (κ3) is 5.61. The molecule has 1 unspecified atom stereocenters. The minimum atomic E-state index is -3.39. The standard InChI is InChI=1S/C19H25N7O4S/c1-10(2)31(28,29)14-8-6-13(7-9-14)12(4)23-15(16(21)22-5)18-25-26-19(30-18)24-17(27)11(3)20/h6-11H,5,20-21H2,1-4H3,(H,24,26,27)/b16-15-,23-12+. The Kier molecular flexibility index (Phi) is 7.41. The summed E-state index contributed by atoms with van der Waals surface area (Å²) >= 11 is 0. The number of nitrogens with zero attached hydrogens (tertiary/aromatic N) is 4. The van der Waals surface area contributed by atoms with Crippen molar-refractivity contribution in [3.05, 3.63) is 41.5 Å². The summed E-state index contributed by atoms with van der Waals surface area (Å²) in [5.41, 5.74) is 12.5. The number of benzene rings is 1. The first kappa shape index (κ1) is 23.9. The van der Waals surface area contributed by atoms with Crippen LogP contribution in [-0.2, 0) is 14.6 Å². The van der Waals surface area contributed by atoms with E-state index in [0.29, 0.717) is 11.3 Å². The Morgan fingerprint density at radius 1 is 1.19 bits per heavy atom. The number of anilines is 1. The average molecular weight is 448 g/mol. The number of nitrogens with two attached hydrogens (primary N) is 2. The lowest BCUT2D eigenvalue weighted by molar-refractivity contribution is -0.117. The quantitative estimate of drug-likeness (QED) is 0.507. The maximum atomic E-state index is 12.3. The van der Waals surface area contributed by atoms with Gasteiger partial charge in [-0.3, -0.25) is 10.1 Å². The molecule has 31 heavy (non-hydrogen) atoms. The van der Waals surface area contributed by atoms with Crippen LogP contribution < -0.4 is 16.8 Å². The lowest BCUT2D eigenvalue weighted by Crippen LogP contribution is -2.32. The van der Waals surface area contributed by atoms with Gasteiger partial charge in [0.1, 0.15) is 0 Å². The summed E-state index contributed by atoms with van der Waals surface area (Å²) in [4.78, 5) is 20.0. The van der Waals surface area contributed by atoms with Gasteiger partial charge in [-0.2, -0.15) is 0 Å². The Balaban J connectivity index is 2.38. The van der Waals surface area contributed by atoms with Crippen molar-refractivity contribution in [2.75, 3.05) is 5.32 Å². The fraction of sp³-hybridized carbons (Fsp3) is 0.316. The molecule has 1 heterocycles. The molecule has 2 rings (SSSR count). The molecule has 0 fully saturated rings. The zero-order valence-electron chi connectivity index (χ0n) is 17.7. The second-order valence-electron chi connectivity index (χ2n) is 6.90. The van der Waals surface area contributed by atoms with Crippen LogP contribution in [-0.4, -0.2) is 48.2 Å². The summed E-state index contributed by atoms with van der Waals surface area (Å²) in [6, 6.07) is 5.33. The normalized spacial score (nSPS) is 14.2. The molecular weight excluding hydrogens is 422 g/mol. The number of aliphatic imine (C=N–C) groups is 2. The predicted molar refractivity (Wildman–Crippen MR) is 118 cm³/mol. The summed E-state index contributed by atoms with van der Waals surface area (Å²) in [6.07, 6.45) is 0. The van der Waals surface area contributed by atoms with E-state index in [2.05, 4.69) is 32.2 Å². The second kappa shape index (κ2) is 9.62. The number of carbonyl (C=O) groups is 1. The van der Waals surface area contributed by atoms with Crippen molar-refractivity contribution in [3.8, 4) is 0 Å². The van der Waals surface area contributed by atoms with Crippen molar-refractivity contribution in [2.24, 2.45) is 21.5 Å². The summed E-state index contributed by atoms with van der Waals surface area (Å²) in [6.45, 7) is 9.81. The number of sulfone groups is 1. The van der Waals surface area contributed by atoms with Gasteiger partial charge in [-0.1, -0.05) is 17.2 Å². The molecule has 166 valence electrons. The number of amides is 1. The van der Waals surface area contributed by atoms with Gasteiger partial charge in [0.15, 0.2) is 21.4 Å². The summed E-state index contributed by atoms with van der Waals surface area (Å²) in [5.74, 6) is -0.679. The molecule has 0 saturated carbocycles. The van der Waals surface area contributed by atoms with Crippen LogP contribution >= 0.6 is 0 Å². The SMILES string of the molecule is C=N/C(N)=C(\N=C(/C)c1ccc(S(=O)(=O)C(C)C)cc1)c1nnc(NC(=O)C(C)N)o1. The van der Waals surface area contributed by atoms with E-state index < -0.39 is 27.0 Å². The van der Waals surface area contributed by atoms with Crippen molar-refractivity contribution in [3.63, 3.8) is 0 Å². The van der Waals surface area contributed by atoms with Crippen molar-refractivity contribution in [1.82, 2.24) is 10.2 Å². The zero-order chi connectivity index (χ0) is 23.3. The number of carbonyl (C=O) groups excluding carboxylic acids is 1. The van der Waals surface area contributed by atoms with Gasteiger partial charge in [0.25, 0.3) is 5.89 Å². The lowest BCUT2D eigenvalue weighted by Gasteiger charge is -2.09. The number of aromatic nitrogens is 2. The highest BCUT2D eigenvalue weighted by Gasteiger charge is 2.20. The van der Waals surface area contributed by atoms with E-state index >= 15 is 0 Å². The number of nitrogens with one attached hydrogen (secondary N) is 1. The van der Waals surface area contributed by atoms with Crippen LogP contribution in [0.3, 0.4) is 0 Å². The van der Waals surface area contributed by atoms with Crippen LogP contribution in [0, 0.1) is 0 Å². The Labute approximate surface area is 180 Å². The summed E-state index contributed by atoms with van der Waals surface area (Å²) in [5, 5.41) is 9.38. The van der Waals surface area contributed by atoms with Crippen molar-refractivity contribution < 1.29 is 17.6 Å². The highest BCUT2D eigenvalue weighted by atomic mass is 32.2. The monoisotopic (exact) mass is 447 g/mol. The molecule has 0 spiro atoms. The summed E-state index contributed by atoms with van der Waals surface area (Å²) < 4.78 is 30.0. The van der Waals surface area contributed by atoms with Gasteiger partial charge in [0, 0.05) is 5.71 Å². The van der Waals surface area contributed by atoms with Gasteiger partial charge >= 0.3 is 6.01 Å². The maximum absolute atomic E-state index is 12.3. The van der Waals surface area contributed by atoms with Gasteiger partial charge in [0.2, 0.25) is 5.91 Å². The molecule has 0 aliphatic carbocycles. The molecule has 11 nitrogen and oxygen atoms in total. The Bertz CT molecular complexity index is 1130. The van der Waals surface area contributed by atoms with Gasteiger partial charge in [-0.15, -0.1) is 5.10 Å². The zero-order valence-corrected chi connectivity index (χ0v) is 18.5. The minimum absolute atomic E-state index is 0.0418. The van der Waals surface area contributed by atoms with E-state index in [1.165, 1.54) is 19.1 Å². The van der Waals surface area contributed by atoms with Gasteiger partial charge in [-0.25, -0.2) is 18.4 Å². The number of rotatable bonds is 8. The first-order chi connectivity index (χ1) is 14.5. The highest BCUT2D eigenvalue weighted by Crippen LogP contribution is 2.22. The van der Waals surface area contributed by atoms with Crippen molar-refractivity contribution in [2.45, 2.75) is 43.9 Å². The van der Waals surface area contributed by atoms with E-state index in [4.69, 9.17) is 15.9 Å². The molecule has 0 bridgehead atoms. The highest BCUT2D eigenvalue weighted by molar-refractivity contribution is 7.92. The third-order valence-electron chi connectivity index (χ3n) is 4.18. The molecule has 1 aromatic carbocycles. The van der Waals surface area contributed by atoms with Crippen LogP contribution in [0.4, 0.5) is 6.01 Å². The molecule has 0 saturated heterocycles. The van der Waals surface area contributed by atoms with E-state index in [1.54, 1.807) is 32.9 Å². The van der Waals surface area contributed by atoms with E-state index in [0.717, 1.165) is 0 Å². The molecule has 1 aromatic heterocycles. The molecule has 1 amide bonds. The van der Waals surface area contributed by atoms with Gasteiger partial charge in [0.05, 0.1) is 16.2 Å². The summed E-state index contributed by atoms with van der Waals surface area (Å²) in [7, 11) is -3.39. The largest absolute Gasteiger partial charge is 0.401 e. The fourth-order valence-corrected chi connectivity index (χ4v) is 3.33. The van der Waals surface area contributed by atoms with Crippen LogP contribution in [0.5, 0.6) is 0 Å². The molecule has 5 N–H and O–H groups in total. The second-order valence-corrected chi connectivity index (χ2v) is 9.40. The van der Waals surface area contributed by atoms with Gasteiger partial charge in [-0.05, 0) is 52.1 Å². The number of hydrogen-bond donors (Lipinski definition) is 3. The molecular formula is C19H25N7O4S. The Hall–Kier alpha value is -3.38. The first-order valence-electron chi connectivity index (χ1n) is 9.23. The third-order valence-corrected chi connectivity index (χ3v) is 6.36. The smallest absolute Gasteiger partial charge is 0.322 e. The van der Waals surface area contributed by atoms with E-state index in [9.17, 15) is 13.2 Å². The predicted octanol–water partition coefficient (Wildman–Crippen LogP) is 1.33. The van der Waals surface area contributed by atoms with Crippen LogP contribution in [0.15, 0.2) is 49.4 Å². The minimum Gasteiger partial charge on any atom is -0.401 e. The van der Waals surface area contributed by atoms with Gasteiger partial charge < -0.3 is 15.9 Å². The van der Waals surface area contributed by atoms with E-state index in [-0.39, 0.29) is 28.3 Å².